The van der Waals surface area contributed by atoms with Gasteiger partial charge in [0.1, 0.15) is 5.60 Å². The van der Waals surface area contributed by atoms with Crippen LogP contribution in [0.4, 0.5) is 0 Å². The predicted molar refractivity (Wildman–Crippen MR) is 122 cm³/mol. The van der Waals surface area contributed by atoms with Crippen LogP contribution in [-0.4, -0.2) is 52.4 Å². The standard InChI is InChI=1S/C25H32N4O2/c1-17(2)18-6-8-20(9-7-18)25(30,24(3)15-29(4)16-24)21-10-19(12-26-13-21)23-11-22(14-31-5)27-28-23/h6-13,17,30H,14-16H2,1-5H3,(H,27,28)/t25-/m0/s1. The summed E-state index contributed by atoms with van der Waals surface area (Å²) in [5.74, 6) is 0.443. The summed E-state index contributed by atoms with van der Waals surface area (Å²) < 4.78 is 5.18. The van der Waals surface area contributed by atoms with Crippen molar-refractivity contribution in [1.82, 2.24) is 20.1 Å². The van der Waals surface area contributed by atoms with Crippen molar-refractivity contribution in [3.05, 3.63) is 71.2 Å². The summed E-state index contributed by atoms with van der Waals surface area (Å²) in [6.07, 6.45) is 3.57. The van der Waals surface area contributed by atoms with Gasteiger partial charge in [-0.15, -0.1) is 0 Å². The van der Waals surface area contributed by atoms with E-state index in [2.05, 4.69) is 72.2 Å². The van der Waals surface area contributed by atoms with Crippen LogP contribution >= 0.6 is 0 Å². The molecule has 164 valence electrons. The van der Waals surface area contributed by atoms with E-state index in [0.29, 0.717) is 12.5 Å². The second-order valence-corrected chi connectivity index (χ2v) is 9.39. The summed E-state index contributed by atoms with van der Waals surface area (Å²) in [5.41, 5.74) is 4.01. The molecule has 0 aliphatic carbocycles. The fourth-order valence-corrected chi connectivity index (χ4v) is 4.86. The van der Waals surface area contributed by atoms with Gasteiger partial charge >= 0.3 is 0 Å². The van der Waals surface area contributed by atoms with Crippen molar-refractivity contribution >= 4 is 0 Å². The minimum Gasteiger partial charge on any atom is -0.380 e. The number of aliphatic hydroxyl groups is 1. The molecule has 0 unspecified atom stereocenters. The second kappa shape index (κ2) is 8.19. The minimum absolute atomic E-state index is 0.325. The van der Waals surface area contributed by atoms with E-state index >= 15 is 0 Å². The minimum atomic E-state index is -1.16. The van der Waals surface area contributed by atoms with E-state index in [-0.39, 0.29) is 5.41 Å². The average molecular weight is 421 g/mol. The highest BCUT2D eigenvalue weighted by Gasteiger charge is 2.55. The van der Waals surface area contributed by atoms with Gasteiger partial charge in [0, 0.05) is 49.1 Å². The van der Waals surface area contributed by atoms with E-state index in [0.717, 1.165) is 41.2 Å². The van der Waals surface area contributed by atoms with Gasteiger partial charge in [0.2, 0.25) is 0 Å². The highest BCUT2D eigenvalue weighted by atomic mass is 16.5. The van der Waals surface area contributed by atoms with Crippen LogP contribution < -0.4 is 0 Å². The van der Waals surface area contributed by atoms with Gasteiger partial charge in [-0.05, 0) is 36.2 Å². The number of H-pyrrole nitrogens is 1. The Bertz CT molecular complexity index is 1040. The van der Waals surface area contributed by atoms with Gasteiger partial charge < -0.3 is 14.7 Å². The molecule has 1 aliphatic rings. The van der Waals surface area contributed by atoms with E-state index in [9.17, 15) is 5.11 Å². The molecule has 3 heterocycles. The van der Waals surface area contributed by atoms with Crippen molar-refractivity contribution in [2.75, 3.05) is 27.2 Å². The lowest BCUT2D eigenvalue weighted by Crippen LogP contribution is -2.63. The van der Waals surface area contributed by atoms with Crippen LogP contribution in [0.2, 0.25) is 0 Å². The molecular weight excluding hydrogens is 388 g/mol. The first-order valence-corrected chi connectivity index (χ1v) is 10.8. The lowest BCUT2D eigenvalue weighted by atomic mass is 9.62. The monoisotopic (exact) mass is 420 g/mol. The maximum absolute atomic E-state index is 12.3. The Morgan fingerprint density at radius 3 is 2.48 bits per heavy atom. The van der Waals surface area contributed by atoms with Crippen LogP contribution in [0.25, 0.3) is 11.3 Å². The summed E-state index contributed by atoms with van der Waals surface area (Å²) in [6.45, 7) is 8.59. The molecule has 6 nitrogen and oxygen atoms in total. The van der Waals surface area contributed by atoms with E-state index in [1.807, 2.05) is 12.1 Å². The first kappa shape index (κ1) is 21.7. The fraction of sp³-hybridized carbons (Fsp3) is 0.440. The number of methoxy groups -OCH3 is 1. The van der Waals surface area contributed by atoms with Crippen molar-refractivity contribution < 1.29 is 9.84 Å². The molecule has 31 heavy (non-hydrogen) atoms. The molecule has 1 fully saturated rings. The Hall–Kier alpha value is -2.54. The second-order valence-electron chi connectivity index (χ2n) is 9.39. The molecule has 1 saturated heterocycles. The maximum atomic E-state index is 12.3. The quantitative estimate of drug-likeness (QED) is 0.606. The van der Waals surface area contributed by atoms with Crippen LogP contribution in [0.5, 0.6) is 0 Å². The number of nitrogens with one attached hydrogen (secondary N) is 1. The van der Waals surface area contributed by atoms with Gasteiger partial charge in [0.05, 0.1) is 18.0 Å². The van der Waals surface area contributed by atoms with E-state index in [1.54, 1.807) is 19.5 Å². The zero-order valence-corrected chi connectivity index (χ0v) is 19.0. The molecule has 0 saturated carbocycles. The molecule has 1 aromatic carbocycles. The first-order chi connectivity index (χ1) is 14.8. The molecule has 1 atom stereocenters. The number of hydrogen-bond donors (Lipinski definition) is 2. The number of ether oxygens (including phenoxy) is 1. The summed E-state index contributed by atoms with van der Waals surface area (Å²) in [6, 6.07) is 12.4. The zero-order valence-electron chi connectivity index (χ0n) is 19.0. The molecule has 2 aromatic heterocycles. The van der Waals surface area contributed by atoms with E-state index in [4.69, 9.17) is 4.74 Å². The molecule has 1 aliphatic heterocycles. The zero-order chi connectivity index (χ0) is 22.2. The van der Waals surface area contributed by atoms with Gasteiger partial charge in [-0.25, -0.2) is 0 Å². The summed E-state index contributed by atoms with van der Waals surface area (Å²) >= 11 is 0. The van der Waals surface area contributed by atoms with Crippen LogP contribution in [0.3, 0.4) is 0 Å². The predicted octanol–water partition coefficient (Wildman–Crippen LogP) is 3.93. The van der Waals surface area contributed by atoms with Crippen LogP contribution in [0, 0.1) is 5.41 Å². The third-order valence-electron chi connectivity index (χ3n) is 6.49. The van der Waals surface area contributed by atoms with Crippen molar-refractivity contribution in [3.63, 3.8) is 0 Å². The lowest BCUT2D eigenvalue weighted by molar-refractivity contribution is -0.127. The summed E-state index contributed by atoms with van der Waals surface area (Å²) in [5, 5.41) is 19.7. The topological polar surface area (TPSA) is 74.3 Å². The molecule has 6 heteroatoms. The number of benzene rings is 1. The maximum Gasteiger partial charge on any atom is 0.124 e. The molecule has 0 bridgehead atoms. The van der Waals surface area contributed by atoms with Gasteiger partial charge in [-0.3, -0.25) is 10.1 Å². The number of pyridine rings is 1. The number of aromatic amines is 1. The van der Waals surface area contributed by atoms with Gasteiger partial charge in [-0.2, -0.15) is 5.10 Å². The third kappa shape index (κ3) is 3.80. The fourth-order valence-electron chi connectivity index (χ4n) is 4.86. The Kier molecular flexibility index (Phi) is 5.73. The summed E-state index contributed by atoms with van der Waals surface area (Å²) in [4.78, 5) is 6.72. The number of aromatic nitrogens is 3. The van der Waals surface area contributed by atoms with Crippen LogP contribution in [-0.2, 0) is 16.9 Å². The summed E-state index contributed by atoms with van der Waals surface area (Å²) in [7, 11) is 3.74. The van der Waals surface area contributed by atoms with Crippen molar-refractivity contribution in [2.24, 2.45) is 5.41 Å². The number of likely N-dealkylation sites (tertiary alicyclic amines) is 1. The molecule has 3 aromatic rings. The highest BCUT2D eigenvalue weighted by Crippen LogP contribution is 2.50. The van der Waals surface area contributed by atoms with Crippen molar-refractivity contribution in [3.8, 4) is 11.3 Å². The van der Waals surface area contributed by atoms with Crippen molar-refractivity contribution in [1.29, 1.82) is 0 Å². The third-order valence-corrected chi connectivity index (χ3v) is 6.49. The SMILES string of the molecule is COCc1cc(-c2cncc([C@@](O)(c3ccc(C(C)C)cc3)C3(C)CN(C)C3)c2)n[nH]1. The van der Waals surface area contributed by atoms with Crippen LogP contribution in [0.1, 0.15) is 49.1 Å². The molecule has 4 rings (SSSR count). The molecular formula is C25H32N4O2. The van der Waals surface area contributed by atoms with E-state index < -0.39 is 5.60 Å². The Labute approximate surface area is 184 Å². The van der Waals surface area contributed by atoms with Crippen molar-refractivity contribution in [2.45, 2.75) is 38.9 Å². The Morgan fingerprint density at radius 1 is 1.16 bits per heavy atom. The largest absolute Gasteiger partial charge is 0.380 e. The number of rotatable bonds is 7. The Balaban J connectivity index is 1.79. The van der Waals surface area contributed by atoms with Gasteiger partial charge in [-0.1, -0.05) is 45.0 Å². The smallest absolute Gasteiger partial charge is 0.124 e. The lowest BCUT2D eigenvalue weighted by Gasteiger charge is -2.55. The van der Waals surface area contributed by atoms with Gasteiger partial charge in [0.15, 0.2) is 0 Å². The molecule has 0 radical (unpaired) electrons. The Morgan fingerprint density at radius 2 is 1.87 bits per heavy atom. The number of hydrogen-bond acceptors (Lipinski definition) is 5. The average Bonchev–Trinajstić information content (AvgIpc) is 3.21. The number of nitrogens with zero attached hydrogens (tertiary/aromatic N) is 3. The highest BCUT2D eigenvalue weighted by molar-refractivity contribution is 5.60. The van der Waals surface area contributed by atoms with Gasteiger partial charge in [0.25, 0.3) is 0 Å². The van der Waals surface area contributed by atoms with Crippen LogP contribution in [0.15, 0.2) is 48.8 Å². The van der Waals surface area contributed by atoms with E-state index in [1.165, 1.54) is 5.56 Å². The molecule has 0 spiro atoms. The normalized spacial score (nSPS) is 18.0. The first-order valence-electron chi connectivity index (χ1n) is 10.8. The molecule has 0 amide bonds. The molecule has 2 N–H and O–H groups in total.